The molecule has 5 aromatic rings. The number of hydrogen-bond acceptors (Lipinski definition) is 5. The van der Waals surface area contributed by atoms with E-state index < -0.39 is 0 Å². The van der Waals surface area contributed by atoms with Crippen LogP contribution in [0.25, 0.3) is 27.2 Å². The van der Waals surface area contributed by atoms with E-state index in [-0.39, 0.29) is 5.82 Å². The Hall–Kier alpha value is -3.84. The van der Waals surface area contributed by atoms with Gasteiger partial charge in [0.15, 0.2) is 0 Å². The molecule has 30 heavy (non-hydrogen) atoms. The molecule has 1 N–H and O–H groups in total. The van der Waals surface area contributed by atoms with Gasteiger partial charge in [0.05, 0.1) is 22.1 Å². The number of anilines is 1. The summed E-state index contributed by atoms with van der Waals surface area (Å²) in [7, 11) is 0. The second-order valence-corrected chi connectivity index (χ2v) is 7.61. The molecule has 0 amide bonds. The van der Waals surface area contributed by atoms with Gasteiger partial charge in [-0.2, -0.15) is 10.2 Å². The van der Waals surface area contributed by atoms with Crippen molar-refractivity contribution >= 4 is 32.9 Å². The van der Waals surface area contributed by atoms with Crippen molar-refractivity contribution in [2.45, 2.75) is 0 Å². The molecule has 0 saturated heterocycles. The van der Waals surface area contributed by atoms with E-state index >= 15 is 0 Å². The number of thiazole rings is 1. The van der Waals surface area contributed by atoms with Crippen molar-refractivity contribution in [3.05, 3.63) is 96.4 Å². The van der Waals surface area contributed by atoms with E-state index in [0.29, 0.717) is 10.8 Å². The summed E-state index contributed by atoms with van der Waals surface area (Å²) < 4.78 is 16.3. The van der Waals surface area contributed by atoms with Gasteiger partial charge in [-0.15, -0.1) is 0 Å². The van der Waals surface area contributed by atoms with E-state index in [1.54, 1.807) is 23.0 Å². The van der Waals surface area contributed by atoms with Gasteiger partial charge in [-0.05, 0) is 48.5 Å². The molecule has 2 aromatic heterocycles. The Balaban J connectivity index is 1.48. The summed E-state index contributed by atoms with van der Waals surface area (Å²) in [6, 6.07) is 24.0. The zero-order valence-electron chi connectivity index (χ0n) is 15.7. The highest BCUT2D eigenvalue weighted by Crippen LogP contribution is 2.26. The summed E-state index contributed by atoms with van der Waals surface area (Å²) >= 11 is 1.54. The van der Waals surface area contributed by atoms with Crippen LogP contribution in [0.1, 0.15) is 5.56 Å². The molecule has 7 heteroatoms. The average molecular weight is 413 g/mol. The van der Waals surface area contributed by atoms with E-state index in [1.165, 1.54) is 23.5 Å². The SMILES string of the molecule is Fc1ccc(-c2nn(-c3ccccc3)cc2/C=N/Nc2nc3ccccc3s2)cc1. The van der Waals surface area contributed by atoms with Crippen LogP contribution < -0.4 is 5.43 Å². The lowest BCUT2D eigenvalue weighted by Gasteiger charge is -2.00. The fourth-order valence-corrected chi connectivity index (χ4v) is 3.92. The Morgan fingerprint density at radius 3 is 2.50 bits per heavy atom. The molecule has 0 atom stereocenters. The average Bonchev–Trinajstić information content (AvgIpc) is 3.39. The molecule has 5 rings (SSSR count). The smallest absolute Gasteiger partial charge is 0.204 e. The zero-order valence-corrected chi connectivity index (χ0v) is 16.6. The minimum atomic E-state index is -0.283. The molecule has 0 aliphatic rings. The van der Waals surface area contributed by atoms with E-state index in [2.05, 4.69) is 15.5 Å². The number of benzene rings is 3. The fourth-order valence-electron chi connectivity index (χ4n) is 3.10. The van der Waals surface area contributed by atoms with Crippen LogP contribution >= 0.6 is 11.3 Å². The first kappa shape index (κ1) is 18.2. The van der Waals surface area contributed by atoms with Crippen molar-refractivity contribution in [2.75, 3.05) is 5.43 Å². The second kappa shape index (κ2) is 7.88. The van der Waals surface area contributed by atoms with Gasteiger partial charge in [0.25, 0.3) is 0 Å². The third kappa shape index (κ3) is 3.70. The Kier molecular flexibility index (Phi) is 4.78. The lowest BCUT2D eigenvalue weighted by atomic mass is 10.1. The highest BCUT2D eigenvalue weighted by molar-refractivity contribution is 7.22. The fraction of sp³-hybridized carbons (Fsp3) is 0. The number of hydrazone groups is 1. The van der Waals surface area contributed by atoms with Gasteiger partial charge in [-0.3, -0.25) is 5.43 Å². The van der Waals surface area contributed by atoms with E-state index in [0.717, 1.165) is 27.0 Å². The number of aromatic nitrogens is 3. The van der Waals surface area contributed by atoms with E-state index in [9.17, 15) is 4.39 Å². The molecule has 0 fully saturated rings. The summed E-state index contributed by atoms with van der Waals surface area (Å²) in [6.45, 7) is 0. The number of rotatable bonds is 5. The maximum atomic E-state index is 13.4. The highest BCUT2D eigenvalue weighted by Gasteiger charge is 2.11. The molecule has 0 spiro atoms. The first-order chi connectivity index (χ1) is 14.8. The molecule has 2 heterocycles. The Morgan fingerprint density at radius 1 is 0.933 bits per heavy atom. The molecular formula is C23H16FN5S. The number of nitrogens with zero attached hydrogens (tertiary/aromatic N) is 4. The number of nitrogens with one attached hydrogen (secondary N) is 1. The molecular weight excluding hydrogens is 397 g/mol. The van der Waals surface area contributed by atoms with Crippen molar-refractivity contribution in [3.63, 3.8) is 0 Å². The summed E-state index contributed by atoms with van der Waals surface area (Å²) in [5.41, 5.74) is 7.20. The minimum Gasteiger partial charge on any atom is -0.253 e. The molecule has 0 radical (unpaired) electrons. The minimum absolute atomic E-state index is 0.283. The van der Waals surface area contributed by atoms with Crippen molar-refractivity contribution in [3.8, 4) is 16.9 Å². The maximum Gasteiger partial charge on any atom is 0.204 e. The molecule has 0 aliphatic heterocycles. The quantitative estimate of drug-likeness (QED) is 0.296. The number of fused-ring (bicyclic) bond motifs is 1. The summed E-state index contributed by atoms with van der Waals surface area (Å²) in [5.74, 6) is -0.283. The third-order valence-electron chi connectivity index (χ3n) is 4.54. The summed E-state index contributed by atoms with van der Waals surface area (Å²) in [6.07, 6.45) is 3.61. The van der Waals surface area contributed by atoms with E-state index in [1.807, 2.05) is 60.8 Å². The van der Waals surface area contributed by atoms with Crippen LogP contribution in [0.15, 0.2) is 90.2 Å². The van der Waals surface area contributed by atoms with Crippen molar-refractivity contribution in [1.82, 2.24) is 14.8 Å². The normalized spacial score (nSPS) is 11.4. The number of hydrogen-bond donors (Lipinski definition) is 1. The molecule has 3 aromatic carbocycles. The van der Waals surface area contributed by atoms with Gasteiger partial charge in [-0.25, -0.2) is 14.1 Å². The lowest BCUT2D eigenvalue weighted by molar-refractivity contribution is 0.628. The maximum absolute atomic E-state index is 13.4. The van der Waals surface area contributed by atoms with Gasteiger partial charge in [0, 0.05) is 17.3 Å². The second-order valence-electron chi connectivity index (χ2n) is 6.58. The molecule has 0 aliphatic carbocycles. The first-order valence-corrected chi connectivity index (χ1v) is 10.1. The Morgan fingerprint density at radius 2 is 1.70 bits per heavy atom. The van der Waals surface area contributed by atoms with Crippen LogP contribution in [0, 0.1) is 5.82 Å². The molecule has 146 valence electrons. The number of para-hydroxylation sites is 2. The van der Waals surface area contributed by atoms with Gasteiger partial charge in [-0.1, -0.05) is 41.7 Å². The predicted molar refractivity (Wildman–Crippen MR) is 120 cm³/mol. The van der Waals surface area contributed by atoms with Crippen LogP contribution in [-0.4, -0.2) is 21.0 Å². The van der Waals surface area contributed by atoms with Crippen molar-refractivity contribution in [1.29, 1.82) is 0 Å². The van der Waals surface area contributed by atoms with Gasteiger partial charge in [0.1, 0.15) is 11.5 Å². The lowest BCUT2D eigenvalue weighted by Crippen LogP contribution is -1.94. The van der Waals surface area contributed by atoms with Crippen molar-refractivity contribution in [2.24, 2.45) is 5.10 Å². The molecule has 0 bridgehead atoms. The molecule has 0 saturated carbocycles. The van der Waals surface area contributed by atoms with E-state index in [4.69, 9.17) is 5.10 Å². The van der Waals surface area contributed by atoms with Crippen molar-refractivity contribution < 1.29 is 4.39 Å². The monoisotopic (exact) mass is 413 g/mol. The largest absolute Gasteiger partial charge is 0.253 e. The van der Waals surface area contributed by atoms with Gasteiger partial charge >= 0.3 is 0 Å². The Labute approximate surface area is 176 Å². The zero-order chi connectivity index (χ0) is 20.3. The Bertz CT molecular complexity index is 1290. The number of halogens is 1. The third-order valence-corrected chi connectivity index (χ3v) is 5.48. The van der Waals surface area contributed by atoms with Gasteiger partial charge in [0.2, 0.25) is 5.13 Å². The summed E-state index contributed by atoms with van der Waals surface area (Å²) in [5, 5.41) is 9.78. The first-order valence-electron chi connectivity index (χ1n) is 9.32. The molecule has 0 unspecified atom stereocenters. The standard InChI is InChI=1S/C23H16FN5S/c24-18-12-10-16(11-13-18)22-17(15-29(28-22)19-6-2-1-3-7-19)14-25-27-23-26-20-8-4-5-9-21(20)30-23/h1-15H,(H,26,27)/b25-14+. The van der Waals surface area contributed by atoms with Crippen LogP contribution in [0.4, 0.5) is 9.52 Å². The van der Waals surface area contributed by atoms with Crippen LogP contribution in [0.3, 0.4) is 0 Å². The topological polar surface area (TPSA) is 55.1 Å². The van der Waals surface area contributed by atoms with Gasteiger partial charge < -0.3 is 0 Å². The molecule has 5 nitrogen and oxygen atoms in total. The van der Waals surface area contributed by atoms with Crippen LogP contribution in [0.5, 0.6) is 0 Å². The summed E-state index contributed by atoms with van der Waals surface area (Å²) in [4.78, 5) is 4.52. The predicted octanol–water partition coefficient (Wildman–Crippen LogP) is 5.73. The van der Waals surface area contributed by atoms with Crippen LogP contribution in [-0.2, 0) is 0 Å². The van der Waals surface area contributed by atoms with Crippen LogP contribution in [0.2, 0.25) is 0 Å². The highest BCUT2D eigenvalue weighted by atomic mass is 32.1.